The second-order valence-corrected chi connectivity index (χ2v) is 4.07. The van der Waals surface area contributed by atoms with E-state index < -0.39 is 6.29 Å². The fraction of sp³-hybridized carbons (Fsp3) is 1.00. The molecule has 0 aromatic carbocycles. The van der Waals surface area contributed by atoms with Crippen molar-refractivity contribution in [2.24, 2.45) is 10.8 Å². The van der Waals surface area contributed by atoms with Gasteiger partial charge in [0, 0.05) is 31.0 Å². The molecule has 0 aromatic heterocycles. The van der Waals surface area contributed by atoms with Crippen molar-refractivity contribution < 1.29 is 9.84 Å². The number of hydrogen-bond donors (Lipinski definition) is 2. The standard InChI is InChI=1S/C8H15NO2/c1-7(6(10)11-2)3-8(7)4-9-5-8/h6,9-10H,3-5H2,1-2H3. The van der Waals surface area contributed by atoms with Gasteiger partial charge >= 0.3 is 0 Å². The van der Waals surface area contributed by atoms with E-state index in [0.717, 1.165) is 19.5 Å². The molecule has 0 bridgehead atoms. The Hall–Kier alpha value is -0.120. The van der Waals surface area contributed by atoms with Crippen LogP contribution in [0.4, 0.5) is 0 Å². The van der Waals surface area contributed by atoms with Gasteiger partial charge in [-0.3, -0.25) is 0 Å². The van der Waals surface area contributed by atoms with Gasteiger partial charge in [0.05, 0.1) is 0 Å². The van der Waals surface area contributed by atoms with E-state index in [1.165, 1.54) is 0 Å². The Bertz CT molecular complexity index is 179. The Kier molecular flexibility index (Phi) is 1.35. The summed E-state index contributed by atoms with van der Waals surface area (Å²) in [6.45, 7) is 4.19. The molecule has 2 rings (SSSR count). The minimum atomic E-state index is -0.579. The Morgan fingerprint density at radius 3 is 2.45 bits per heavy atom. The third kappa shape index (κ3) is 0.736. The molecule has 2 unspecified atom stereocenters. The summed E-state index contributed by atoms with van der Waals surface area (Å²) in [5.74, 6) is 0. The van der Waals surface area contributed by atoms with Crippen molar-refractivity contribution in [3.05, 3.63) is 0 Å². The lowest BCUT2D eigenvalue weighted by Gasteiger charge is -2.34. The molecule has 64 valence electrons. The summed E-state index contributed by atoms with van der Waals surface area (Å²) in [5, 5.41) is 12.7. The van der Waals surface area contributed by atoms with Gasteiger partial charge in [-0.25, -0.2) is 0 Å². The van der Waals surface area contributed by atoms with Crippen LogP contribution in [0.5, 0.6) is 0 Å². The molecular weight excluding hydrogens is 142 g/mol. The maximum absolute atomic E-state index is 9.51. The summed E-state index contributed by atoms with van der Waals surface area (Å²) < 4.78 is 4.94. The molecule has 1 saturated carbocycles. The zero-order valence-electron chi connectivity index (χ0n) is 7.05. The van der Waals surface area contributed by atoms with Crippen molar-refractivity contribution in [1.29, 1.82) is 0 Å². The van der Waals surface area contributed by atoms with Gasteiger partial charge in [0.2, 0.25) is 0 Å². The van der Waals surface area contributed by atoms with Gasteiger partial charge in [-0.1, -0.05) is 6.92 Å². The Labute approximate surface area is 66.7 Å². The van der Waals surface area contributed by atoms with Crippen molar-refractivity contribution >= 4 is 0 Å². The fourth-order valence-electron chi connectivity index (χ4n) is 2.22. The van der Waals surface area contributed by atoms with Gasteiger partial charge in [-0.2, -0.15) is 0 Å². The highest BCUT2D eigenvalue weighted by Gasteiger charge is 2.70. The van der Waals surface area contributed by atoms with Crippen LogP contribution in [0.3, 0.4) is 0 Å². The summed E-state index contributed by atoms with van der Waals surface area (Å²) in [4.78, 5) is 0. The van der Waals surface area contributed by atoms with Crippen molar-refractivity contribution in [2.75, 3.05) is 20.2 Å². The monoisotopic (exact) mass is 157 g/mol. The molecule has 3 nitrogen and oxygen atoms in total. The molecule has 3 heteroatoms. The normalized spacial score (nSPS) is 41.7. The van der Waals surface area contributed by atoms with E-state index in [2.05, 4.69) is 12.2 Å². The Morgan fingerprint density at radius 1 is 1.55 bits per heavy atom. The molecule has 1 aliphatic carbocycles. The summed E-state index contributed by atoms with van der Waals surface area (Å²) in [7, 11) is 1.56. The number of rotatable bonds is 2. The van der Waals surface area contributed by atoms with Crippen LogP contribution in [-0.2, 0) is 4.74 Å². The van der Waals surface area contributed by atoms with Crippen molar-refractivity contribution in [1.82, 2.24) is 5.32 Å². The molecule has 0 amide bonds. The highest BCUT2D eigenvalue weighted by atomic mass is 16.6. The zero-order chi connectivity index (χ0) is 8.11. The molecule has 1 aliphatic heterocycles. The second-order valence-electron chi connectivity index (χ2n) is 4.07. The van der Waals surface area contributed by atoms with Crippen LogP contribution in [0.2, 0.25) is 0 Å². The number of ether oxygens (including phenoxy) is 1. The summed E-state index contributed by atoms with van der Waals surface area (Å²) in [5.41, 5.74) is 0.384. The molecule has 2 N–H and O–H groups in total. The van der Waals surface area contributed by atoms with Crippen LogP contribution >= 0.6 is 0 Å². The average molecular weight is 157 g/mol. The van der Waals surface area contributed by atoms with Crippen LogP contribution in [-0.4, -0.2) is 31.6 Å². The average Bonchev–Trinajstić information content (AvgIpc) is 2.56. The molecule has 11 heavy (non-hydrogen) atoms. The molecule has 1 spiro atoms. The van der Waals surface area contributed by atoms with Crippen molar-refractivity contribution in [3.8, 4) is 0 Å². The zero-order valence-corrected chi connectivity index (χ0v) is 7.05. The largest absolute Gasteiger partial charge is 0.367 e. The predicted octanol–water partition coefficient (Wildman–Crippen LogP) is -0.0492. The van der Waals surface area contributed by atoms with E-state index in [-0.39, 0.29) is 5.41 Å². The van der Waals surface area contributed by atoms with Gasteiger partial charge in [0.1, 0.15) is 0 Å². The number of aliphatic hydroxyl groups is 1. The highest BCUT2D eigenvalue weighted by molar-refractivity contribution is 5.19. The Morgan fingerprint density at radius 2 is 2.18 bits per heavy atom. The van der Waals surface area contributed by atoms with E-state index in [9.17, 15) is 5.11 Å². The highest BCUT2D eigenvalue weighted by Crippen LogP contribution is 2.67. The number of methoxy groups -OCH3 is 1. The second kappa shape index (κ2) is 1.97. The minimum absolute atomic E-state index is 0.0208. The SMILES string of the molecule is COC(O)C1(C)CC12CNC2. The molecule has 1 heterocycles. The lowest BCUT2D eigenvalue weighted by Crippen LogP contribution is -2.49. The summed E-state index contributed by atoms with van der Waals surface area (Å²) in [6.07, 6.45) is 0.520. The predicted molar refractivity (Wildman–Crippen MR) is 41.0 cm³/mol. The number of nitrogens with one attached hydrogen (secondary N) is 1. The van der Waals surface area contributed by atoms with E-state index in [4.69, 9.17) is 4.74 Å². The summed E-state index contributed by atoms with van der Waals surface area (Å²) >= 11 is 0. The molecule has 1 saturated heterocycles. The minimum Gasteiger partial charge on any atom is -0.367 e. The van der Waals surface area contributed by atoms with Gasteiger partial charge in [0.15, 0.2) is 6.29 Å². The first-order chi connectivity index (χ1) is 5.15. The first-order valence-electron chi connectivity index (χ1n) is 4.06. The van der Waals surface area contributed by atoms with Crippen molar-refractivity contribution in [3.63, 3.8) is 0 Å². The molecule has 0 aromatic rings. The van der Waals surface area contributed by atoms with Crippen molar-refractivity contribution in [2.45, 2.75) is 19.6 Å². The smallest absolute Gasteiger partial charge is 0.160 e. The summed E-state index contributed by atoms with van der Waals surface area (Å²) in [6, 6.07) is 0. The van der Waals surface area contributed by atoms with E-state index >= 15 is 0 Å². The van der Waals surface area contributed by atoms with Crippen LogP contribution in [0.15, 0.2) is 0 Å². The maximum Gasteiger partial charge on any atom is 0.160 e. The third-order valence-electron chi connectivity index (χ3n) is 3.49. The van der Waals surface area contributed by atoms with E-state index in [1.807, 2.05) is 0 Å². The first kappa shape index (κ1) is 7.53. The van der Waals surface area contributed by atoms with Crippen LogP contribution in [0.1, 0.15) is 13.3 Å². The van der Waals surface area contributed by atoms with E-state index in [1.54, 1.807) is 7.11 Å². The topological polar surface area (TPSA) is 41.5 Å². The van der Waals surface area contributed by atoms with Crippen LogP contribution in [0.25, 0.3) is 0 Å². The number of aliphatic hydroxyl groups excluding tert-OH is 1. The van der Waals surface area contributed by atoms with Gasteiger partial charge in [-0.15, -0.1) is 0 Å². The van der Waals surface area contributed by atoms with E-state index in [0.29, 0.717) is 5.41 Å². The first-order valence-corrected chi connectivity index (χ1v) is 4.06. The maximum atomic E-state index is 9.51. The van der Waals surface area contributed by atoms with Gasteiger partial charge in [0.25, 0.3) is 0 Å². The molecule has 2 atom stereocenters. The molecule has 2 fully saturated rings. The number of hydrogen-bond acceptors (Lipinski definition) is 3. The molecule has 0 radical (unpaired) electrons. The quantitative estimate of drug-likeness (QED) is 0.552. The molecular formula is C8H15NO2. The Balaban J connectivity index is 2.04. The lowest BCUT2D eigenvalue weighted by molar-refractivity contribution is -0.132. The van der Waals surface area contributed by atoms with Gasteiger partial charge < -0.3 is 15.2 Å². The molecule has 2 aliphatic rings. The van der Waals surface area contributed by atoms with Crippen LogP contribution in [0, 0.1) is 10.8 Å². The fourth-order valence-corrected chi connectivity index (χ4v) is 2.22. The third-order valence-corrected chi connectivity index (χ3v) is 3.49. The van der Waals surface area contributed by atoms with Crippen LogP contribution < -0.4 is 5.32 Å². The van der Waals surface area contributed by atoms with Gasteiger partial charge in [-0.05, 0) is 6.42 Å². The lowest BCUT2D eigenvalue weighted by atomic mass is 9.88.